The van der Waals surface area contributed by atoms with E-state index in [4.69, 9.17) is 10.5 Å². The zero-order valence-corrected chi connectivity index (χ0v) is 11.9. The third kappa shape index (κ3) is 4.59. The highest BCUT2D eigenvalue weighted by molar-refractivity contribution is 5.90. The topological polar surface area (TPSA) is 67.6 Å². The molecular formula is C15H23N3O2. The normalized spacial score (nSPS) is 21.4. The number of benzene rings is 1. The Morgan fingerprint density at radius 3 is 2.95 bits per heavy atom. The van der Waals surface area contributed by atoms with E-state index in [1.165, 1.54) is 0 Å². The third-order valence-electron chi connectivity index (χ3n) is 3.48. The average Bonchev–Trinajstić information content (AvgIpc) is 2.46. The minimum atomic E-state index is 0.0240. The largest absolute Gasteiger partial charge is 0.374 e. The highest BCUT2D eigenvalue weighted by Crippen LogP contribution is 2.09. The molecule has 5 nitrogen and oxygen atoms in total. The number of anilines is 1. The number of nitrogens with one attached hydrogen (secondary N) is 1. The lowest BCUT2D eigenvalue weighted by Gasteiger charge is -2.34. The number of rotatable bonds is 5. The van der Waals surface area contributed by atoms with E-state index in [1.54, 1.807) is 0 Å². The Kier molecular flexibility index (Phi) is 5.52. The number of carbonyl (C=O) groups is 1. The molecule has 0 bridgehead atoms. The summed E-state index contributed by atoms with van der Waals surface area (Å²) in [6, 6.07) is 9.54. The molecular weight excluding hydrogens is 254 g/mol. The van der Waals surface area contributed by atoms with Gasteiger partial charge in [-0.3, -0.25) is 9.69 Å². The molecule has 110 valence electrons. The number of ether oxygens (including phenoxy) is 1. The van der Waals surface area contributed by atoms with E-state index in [9.17, 15) is 4.79 Å². The first kappa shape index (κ1) is 15.0. The molecule has 2 rings (SSSR count). The smallest absolute Gasteiger partial charge is 0.225 e. The van der Waals surface area contributed by atoms with Gasteiger partial charge in [0, 0.05) is 37.8 Å². The molecule has 0 aliphatic carbocycles. The van der Waals surface area contributed by atoms with E-state index >= 15 is 0 Å². The van der Waals surface area contributed by atoms with E-state index in [0.717, 1.165) is 25.3 Å². The molecule has 1 aromatic carbocycles. The van der Waals surface area contributed by atoms with Gasteiger partial charge < -0.3 is 15.8 Å². The van der Waals surface area contributed by atoms with Crippen LogP contribution < -0.4 is 11.1 Å². The molecule has 1 heterocycles. The summed E-state index contributed by atoms with van der Waals surface area (Å²) in [5, 5.41) is 2.89. The molecule has 2 unspecified atom stereocenters. The first-order chi connectivity index (χ1) is 9.65. The van der Waals surface area contributed by atoms with Gasteiger partial charge >= 0.3 is 0 Å². The lowest BCUT2D eigenvalue weighted by atomic mass is 10.1. The quantitative estimate of drug-likeness (QED) is 0.844. The van der Waals surface area contributed by atoms with Gasteiger partial charge in [-0.05, 0) is 19.1 Å². The van der Waals surface area contributed by atoms with Crippen molar-refractivity contribution in [3.05, 3.63) is 30.3 Å². The van der Waals surface area contributed by atoms with E-state index < -0.39 is 0 Å². The molecule has 1 aromatic rings. The molecule has 0 saturated carbocycles. The van der Waals surface area contributed by atoms with Gasteiger partial charge in [-0.2, -0.15) is 0 Å². The minimum Gasteiger partial charge on any atom is -0.374 e. The van der Waals surface area contributed by atoms with Gasteiger partial charge in [0.25, 0.3) is 0 Å². The summed E-state index contributed by atoms with van der Waals surface area (Å²) < 4.78 is 5.60. The van der Waals surface area contributed by atoms with Crippen LogP contribution in [0.25, 0.3) is 0 Å². The summed E-state index contributed by atoms with van der Waals surface area (Å²) in [6.45, 7) is 5.05. The molecule has 0 radical (unpaired) electrons. The molecule has 5 heteroatoms. The SMILES string of the molecule is CC(N)C1CN(CCC(=O)Nc2ccccc2)CCO1. The van der Waals surface area contributed by atoms with Crippen molar-refractivity contribution >= 4 is 11.6 Å². The summed E-state index contributed by atoms with van der Waals surface area (Å²) in [5.74, 6) is 0.0417. The second kappa shape index (κ2) is 7.38. The molecule has 1 saturated heterocycles. The van der Waals surface area contributed by atoms with Crippen LogP contribution in [0, 0.1) is 0 Å². The lowest BCUT2D eigenvalue weighted by molar-refractivity contribution is -0.117. The van der Waals surface area contributed by atoms with Crippen LogP contribution in [0.4, 0.5) is 5.69 Å². The summed E-state index contributed by atoms with van der Waals surface area (Å²) in [5.41, 5.74) is 6.70. The standard InChI is InChI=1S/C15H23N3O2/c1-12(16)14-11-18(9-10-20-14)8-7-15(19)17-13-5-3-2-4-6-13/h2-6,12,14H,7-11,16H2,1H3,(H,17,19). The van der Waals surface area contributed by atoms with Crippen molar-refractivity contribution in [2.75, 3.05) is 31.6 Å². The summed E-state index contributed by atoms with van der Waals surface area (Å²) in [6.07, 6.45) is 0.557. The van der Waals surface area contributed by atoms with Crippen molar-refractivity contribution in [3.63, 3.8) is 0 Å². The molecule has 0 aromatic heterocycles. The number of hydrogen-bond donors (Lipinski definition) is 2. The van der Waals surface area contributed by atoms with Crippen LogP contribution in [0.1, 0.15) is 13.3 Å². The lowest BCUT2D eigenvalue weighted by Crippen LogP contribution is -2.50. The fourth-order valence-electron chi connectivity index (χ4n) is 2.26. The van der Waals surface area contributed by atoms with Gasteiger partial charge in [-0.1, -0.05) is 18.2 Å². The summed E-state index contributed by atoms with van der Waals surface area (Å²) in [7, 11) is 0. The average molecular weight is 277 g/mol. The fraction of sp³-hybridized carbons (Fsp3) is 0.533. The van der Waals surface area contributed by atoms with Gasteiger partial charge in [-0.25, -0.2) is 0 Å². The van der Waals surface area contributed by atoms with Crippen LogP contribution in [0.3, 0.4) is 0 Å². The number of nitrogens with two attached hydrogens (primary N) is 1. The van der Waals surface area contributed by atoms with Gasteiger partial charge in [0.1, 0.15) is 0 Å². The molecule has 1 amide bonds. The number of carbonyl (C=O) groups excluding carboxylic acids is 1. The molecule has 2 atom stereocenters. The maximum Gasteiger partial charge on any atom is 0.225 e. The van der Waals surface area contributed by atoms with Crippen LogP contribution in [-0.4, -0.2) is 49.2 Å². The fourth-order valence-corrected chi connectivity index (χ4v) is 2.26. The van der Waals surface area contributed by atoms with Crippen molar-refractivity contribution in [1.29, 1.82) is 0 Å². The predicted molar refractivity (Wildman–Crippen MR) is 79.5 cm³/mol. The number of nitrogens with zero attached hydrogens (tertiary/aromatic N) is 1. The van der Waals surface area contributed by atoms with Gasteiger partial charge in [0.2, 0.25) is 5.91 Å². The molecule has 3 N–H and O–H groups in total. The van der Waals surface area contributed by atoms with Crippen molar-refractivity contribution in [1.82, 2.24) is 4.90 Å². The third-order valence-corrected chi connectivity index (χ3v) is 3.48. The molecule has 0 spiro atoms. The van der Waals surface area contributed by atoms with Crippen molar-refractivity contribution in [3.8, 4) is 0 Å². The first-order valence-corrected chi connectivity index (χ1v) is 7.09. The maximum atomic E-state index is 11.9. The van der Waals surface area contributed by atoms with Crippen molar-refractivity contribution in [2.45, 2.75) is 25.5 Å². The van der Waals surface area contributed by atoms with Crippen LogP contribution in [0.5, 0.6) is 0 Å². The van der Waals surface area contributed by atoms with Crippen LogP contribution in [-0.2, 0) is 9.53 Å². The Hall–Kier alpha value is -1.43. The Bertz CT molecular complexity index is 422. The van der Waals surface area contributed by atoms with E-state index in [1.807, 2.05) is 37.3 Å². The second-order valence-electron chi connectivity index (χ2n) is 5.23. The summed E-state index contributed by atoms with van der Waals surface area (Å²) >= 11 is 0. The Morgan fingerprint density at radius 1 is 1.50 bits per heavy atom. The highest BCUT2D eigenvalue weighted by Gasteiger charge is 2.23. The van der Waals surface area contributed by atoms with Gasteiger partial charge in [0.05, 0.1) is 12.7 Å². The zero-order chi connectivity index (χ0) is 14.4. The van der Waals surface area contributed by atoms with Crippen molar-refractivity contribution < 1.29 is 9.53 Å². The van der Waals surface area contributed by atoms with Gasteiger partial charge in [-0.15, -0.1) is 0 Å². The molecule has 1 aliphatic heterocycles. The van der Waals surface area contributed by atoms with E-state index in [0.29, 0.717) is 13.0 Å². The first-order valence-electron chi connectivity index (χ1n) is 7.09. The van der Waals surface area contributed by atoms with Crippen molar-refractivity contribution in [2.24, 2.45) is 5.73 Å². The molecule has 1 fully saturated rings. The van der Waals surface area contributed by atoms with Crippen LogP contribution in [0.15, 0.2) is 30.3 Å². The Balaban J connectivity index is 1.73. The second-order valence-corrected chi connectivity index (χ2v) is 5.23. The van der Waals surface area contributed by atoms with E-state index in [2.05, 4.69) is 10.2 Å². The maximum absolute atomic E-state index is 11.9. The zero-order valence-electron chi connectivity index (χ0n) is 11.9. The Labute approximate surface area is 120 Å². The number of para-hydroxylation sites is 1. The number of amides is 1. The number of morpholine rings is 1. The van der Waals surface area contributed by atoms with Crippen LogP contribution in [0.2, 0.25) is 0 Å². The molecule has 1 aliphatic rings. The van der Waals surface area contributed by atoms with Crippen LogP contribution >= 0.6 is 0 Å². The van der Waals surface area contributed by atoms with Gasteiger partial charge in [0.15, 0.2) is 0 Å². The van der Waals surface area contributed by atoms with E-state index in [-0.39, 0.29) is 18.1 Å². The summed E-state index contributed by atoms with van der Waals surface area (Å²) in [4.78, 5) is 14.1. The molecule has 20 heavy (non-hydrogen) atoms. The minimum absolute atomic E-state index is 0.0240. The highest BCUT2D eigenvalue weighted by atomic mass is 16.5. The Morgan fingerprint density at radius 2 is 2.25 bits per heavy atom. The number of hydrogen-bond acceptors (Lipinski definition) is 4. The monoisotopic (exact) mass is 277 g/mol. The predicted octanol–water partition coefficient (Wildman–Crippen LogP) is 1.06.